The summed E-state index contributed by atoms with van der Waals surface area (Å²) in [5, 5.41) is 11.7. The first kappa shape index (κ1) is 14.2. The summed E-state index contributed by atoms with van der Waals surface area (Å²) in [4.78, 5) is 25.2. The number of carbonyl (C=O) groups is 2. The first-order valence-electron chi connectivity index (χ1n) is 6.49. The van der Waals surface area contributed by atoms with Crippen LogP contribution in [0.25, 0.3) is 0 Å². The average molecular weight is 271 g/mol. The summed E-state index contributed by atoms with van der Waals surface area (Å²) < 4.78 is 0. The van der Waals surface area contributed by atoms with Crippen LogP contribution in [0, 0.1) is 11.3 Å². The highest BCUT2D eigenvalue weighted by molar-refractivity contribution is 6.02. The molecule has 5 heteroatoms. The second-order valence-electron chi connectivity index (χ2n) is 5.41. The van der Waals surface area contributed by atoms with Gasteiger partial charge >= 0.3 is 0 Å². The average Bonchev–Trinajstić information content (AvgIpc) is 2.42. The van der Waals surface area contributed by atoms with Gasteiger partial charge in [0.05, 0.1) is 24.1 Å². The van der Waals surface area contributed by atoms with Crippen LogP contribution in [0.1, 0.15) is 25.3 Å². The van der Waals surface area contributed by atoms with Crippen LogP contribution < -0.4 is 5.32 Å². The Kier molecular flexibility index (Phi) is 3.86. The summed E-state index contributed by atoms with van der Waals surface area (Å²) in [6.07, 6.45) is 0. The zero-order valence-corrected chi connectivity index (χ0v) is 11.6. The second kappa shape index (κ2) is 5.43. The molecular formula is C15H17N3O2. The number of rotatable bonds is 3. The normalized spacial score (nSPS) is 20.1. The third-order valence-corrected chi connectivity index (χ3v) is 3.69. The van der Waals surface area contributed by atoms with Crippen LogP contribution >= 0.6 is 0 Å². The summed E-state index contributed by atoms with van der Waals surface area (Å²) in [5.74, 6) is -1.01. The van der Waals surface area contributed by atoms with Crippen LogP contribution in [-0.2, 0) is 9.59 Å². The third-order valence-electron chi connectivity index (χ3n) is 3.69. The predicted molar refractivity (Wildman–Crippen MR) is 73.6 cm³/mol. The summed E-state index contributed by atoms with van der Waals surface area (Å²) in [6.45, 7) is 4.00. The van der Waals surface area contributed by atoms with Gasteiger partial charge in [-0.2, -0.15) is 5.26 Å². The minimum absolute atomic E-state index is 0.129. The minimum atomic E-state index is -0.794. The Morgan fingerprint density at radius 3 is 2.60 bits per heavy atom. The maximum absolute atomic E-state index is 11.9. The van der Waals surface area contributed by atoms with Gasteiger partial charge in [-0.25, -0.2) is 0 Å². The van der Waals surface area contributed by atoms with Crippen molar-refractivity contribution >= 4 is 11.8 Å². The van der Waals surface area contributed by atoms with E-state index in [1.165, 1.54) is 0 Å². The SMILES string of the molecule is CC1(C)C(=O)NC(=O)CN1CC(C#N)c1ccccc1. The number of hydrogen-bond donors (Lipinski definition) is 1. The molecule has 1 N–H and O–H groups in total. The topological polar surface area (TPSA) is 73.2 Å². The molecule has 1 aromatic carbocycles. The quantitative estimate of drug-likeness (QED) is 0.833. The smallest absolute Gasteiger partial charge is 0.246 e. The van der Waals surface area contributed by atoms with Gasteiger partial charge in [0.25, 0.3) is 0 Å². The van der Waals surface area contributed by atoms with E-state index in [1.54, 1.807) is 18.7 Å². The predicted octanol–water partition coefficient (Wildman–Crippen LogP) is 1.03. The molecule has 1 heterocycles. The highest BCUT2D eigenvalue weighted by Gasteiger charge is 2.41. The fourth-order valence-electron chi connectivity index (χ4n) is 2.25. The van der Waals surface area contributed by atoms with Crippen LogP contribution in [0.4, 0.5) is 0 Å². The molecule has 1 aliphatic heterocycles. The van der Waals surface area contributed by atoms with Crippen molar-refractivity contribution in [2.24, 2.45) is 0 Å². The molecule has 1 aliphatic rings. The fourth-order valence-corrected chi connectivity index (χ4v) is 2.25. The van der Waals surface area contributed by atoms with E-state index < -0.39 is 5.54 Å². The van der Waals surface area contributed by atoms with E-state index in [9.17, 15) is 14.9 Å². The number of benzene rings is 1. The van der Waals surface area contributed by atoms with Gasteiger partial charge in [0.1, 0.15) is 0 Å². The van der Waals surface area contributed by atoms with E-state index >= 15 is 0 Å². The van der Waals surface area contributed by atoms with Crippen molar-refractivity contribution in [3.8, 4) is 6.07 Å². The molecule has 0 aromatic heterocycles. The molecule has 1 saturated heterocycles. The Balaban J connectivity index is 2.21. The van der Waals surface area contributed by atoms with E-state index in [1.807, 2.05) is 30.3 Å². The van der Waals surface area contributed by atoms with Gasteiger partial charge < -0.3 is 0 Å². The Hall–Kier alpha value is -2.19. The van der Waals surface area contributed by atoms with Crippen molar-refractivity contribution in [2.75, 3.05) is 13.1 Å². The zero-order valence-electron chi connectivity index (χ0n) is 11.6. The van der Waals surface area contributed by atoms with Gasteiger partial charge in [0, 0.05) is 6.54 Å². The van der Waals surface area contributed by atoms with Gasteiger partial charge in [-0.3, -0.25) is 19.8 Å². The lowest BCUT2D eigenvalue weighted by molar-refractivity contribution is -0.145. The lowest BCUT2D eigenvalue weighted by Gasteiger charge is -2.40. The number of nitrogens with zero attached hydrogens (tertiary/aromatic N) is 2. The van der Waals surface area contributed by atoms with Gasteiger partial charge in [-0.1, -0.05) is 30.3 Å². The molecule has 0 radical (unpaired) electrons. The molecule has 0 aliphatic carbocycles. The Bertz CT molecular complexity index is 560. The molecule has 1 unspecified atom stereocenters. The van der Waals surface area contributed by atoms with Crippen molar-refractivity contribution in [1.29, 1.82) is 5.26 Å². The maximum Gasteiger partial charge on any atom is 0.246 e. The summed E-state index contributed by atoms with van der Waals surface area (Å²) in [7, 11) is 0. The Morgan fingerprint density at radius 1 is 1.35 bits per heavy atom. The van der Waals surface area contributed by atoms with E-state index in [4.69, 9.17) is 0 Å². The molecule has 2 rings (SSSR count). The molecule has 1 fully saturated rings. The molecule has 5 nitrogen and oxygen atoms in total. The Labute approximate surface area is 118 Å². The van der Waals surface area contributed by atoms with Gasteiger partial charge in [0.15, 0.2) is 0 Å². The first-order chi connectivity index (χ1) is 9.45. The minimum Gasteiger partial charge on any atom is -0.294 e. The molecule has 104 valence electrons. The van der Waals surface area contributed by atoms with Crippen LogP contribution in [0.5, 0.6) is 0 Å². The van der Waals surface area contributed by atoms with E-state index in [-0.39, 0.29) is 24.3 Å². The van der Waals surface area contributed by atoms with Crippen LogP contribution in [-0.4, -0.2) is 35.3 Å². The lowest BCUT2D eigenvalue weighted by Crippen LogP contribution is -2.64. The number of imide groups is 1. The van der Waals surface area contributed by atoms with Crippen LogP contribution in [0.2, 0.25) is 0 Å². The lowest BCUT2D eigenvalue weighted by atomic mass is 9.94. The van der Waals surface area contributed by atoms with E-state index in [0.717, 1.165) is 5.56 Å². The molecular weight excluding hydrogens is 254 g/mol. The molecule has 20 heavy (non-hydrogen) atoms. The first-order valence-corrected chi connectivity index (χ1v) is 6.49. The van der Waals surface area contributed by atoms with Crippen LogP contribution in [0.3, 0.4) is 0 Å². The highest BCUT2D eigenvalue weighted by Crippen LogP contribution is 2.23. The number of nitrogens with one attached hydrogen (secondary N) is 1. The van der Waals surface area contributed by atoms with Crippen molar-refractivity contribution < 1.29 is 9.59 Å². The summed E-state index contributed by atoms with van der Waals surface area (Å²) in [5.41, 5.74) is 0.0989. The summed E-state index contributed by atoms with van der Waals surface area (Å²) >= 11 is 0. The molecule has 1 aromatic rings. The molecule has 0 spiro atoms. The number of hydrogen-bond acceptors (Lipinski definition) is 4. The number of amides is 2. The monoisotopic (exact) mass is 271 g/mol. The highest BCUT2D eigenvalue weighted by atomic mass is 16.2. The maximum atomic E-state index is 11.9. The molecule has 0 bridgehead atoms. The zero-order chi connectivity index (χ0) is 14.8. The third kappa shape index (κ3) is 2.70. The van der Waals surface area contributed by atoms with Crippen molar-refractivity contribution in [3.05, 3.63) is 35.9 Å². The number of piperazine rings is 1. The van der Waals surface area contributed by atoms with Crippen molar-refractivity contribution in [2.45, 2.75) is 25.3 Å². The van der Waals surface area contributed by atoms with E-state index in [0.29, 0.717) is 6.54 Å². The molecule has 2 amide bonds. The Morgan fingerprint density at radius 2 is 2.00 bits per heavy atom. The second-order valence-corrected chi connectivity index (χ2v) is 5.41. The van der Waals surface area contributed by atoms with Gasteiger partial charge in [-0.05, 0) is 19.4 Å². The van der Waals surface area contributed by atoms with E-state index in [2.05, 4.69) is 11.4 Å². The van der Waals surface area contributed by atoms with Gasteiger partial charge in [-0.15, -0.1) is 0 Å². The van der Waals surface area contributed by atoms with Crippen molar-refractivity contribution in [1.82, 2.24) is 10.2 Å². The molecule has 0 saturated carbocycles. The van der Waals surface area contributed by atoms with Crippen molar-refractivity contribution in [3.63, 3.8) is 0 Å². The number of carbonyl (C=O) groups excluding carboxylic acids is 2. The summed E-state index contributed by atoms with van der Waals surface area (Å²) in [6, 6.07) is 11.6. The van der Waals surface area contributed by atoms with Gasteiger partial charge in [0.2, 0.25) is 11.8 Å². The standard InChI is InChI=1S/C15H17N3O2/c1-15(2)14(20)17-13(19)10-18(15)9-12(8-16)11-6-4-3-5-7-11/h3-7,12H,9-10H2,1-2H3,(H,17,19,20). The van der Waals surface area contributed by atoms with Crippen LogP contribution in [0.15, 0.2) is 30.3 Å². The fraction of sp³-hybridized carbons (Fsp3) is 0.400. The largest absolute Gasteiger partial charge is 0.294 e. The molecule has 1 atom stereocenters. The number of nitriles is 1.